The minimum absolute atomic E-state index is 0.0107. The number of nitrogens with one attached hydrogen (secondary N) is 1. The van der Waals surface area contributed by atoms with Gasteiger partial charge >= 0.3 is 12.4 Å². The zero-order chi connectivity index (χ0) is 27.7. The van der Waals surface area contributed by atoms with Crippen LogP contribution in [0.4, 0.5) is 38.0 Å². The molecule has 0 saturated carbocycles. The molecule has 0 aliphatic carbocycles. The summed E-state index contributed by atoms with van der Waals surface area (Å²) in [6.07, 6.45) is -6.93. The van der Waals surface area contributed by atoms with E-state index in [1.54, 1.807) is 0 Å². The highest BCUT2D eigenvalue weighted by Gasteiger charge is 2.36. The topological polar surface area (TPSA) is 117 Å². The van der Waals surface area contributed by atoms with Crippen molar-refractivity contribution in [2.45, 2.75) is 12.4 Å². The summed E-state index contributed by atoms with van der Waals surface area (Å²) in [6, 6.07) is 5.76. The number of aromatic nitrogens is 5. The van der Waals surface area contributed by atoms with Crippen LogP contribution in [0.15, 0.2) is 48.9 Å². The molecule has 0 unspecified atom stereocenters. The summed E-state index contributed by atoms with van der Waals surface area (Å²) in [6.45, 7) is -0.394. The van der Waals surface area contributed by atoms with E-state index in [0.717, 1.165) is 17.0 Å². The number of pyridine rings is 3. The minimum atomic E-state index is -4.81. The van der Waals surface area contributed by atoms with Crippen molar-refractivity contribution in [1.82, 2.24) is 29.8 Å². The van der Waals surface area contributed by atoms with Crippen LogP contribution in [-0.2, 0) is 12.4 Å². The van der Waals surface area contributed by atoms with Crippen molar-refractivity contribution in [2.24, 2.45) is 0 Å². The average Bonchev–Trinajstić information content (AvgIpc) is 2.87. The fourth-order valence-electron chi connectivity index (χ4n) is 3.38. The number of anilines is 2. The summed E-state index contributed by atoms with van der Waals surface area (Å²) in [5.41, 5.74) is -3.00. The van der Waals surface area contributed by atoms with Gasteiger partial charge in [0.05, 0.1) is 29.1 Å². The maximum Gasteiger partial charge on any atom is 0.419 e. The van der Waals surface area contributed by atoms with Gasteiger partial charge in [0.1, 0.15) is 11.4 Å². The Bertz CT molecular complexity index is 1480. The van der Waals surface area contributed by atoms with Crippen molar-refractivity contribution < 1.29 is 36.2 Å². The van der Waals surface area contributed by atoms with Crippen molar-refractivity contribution in [2.75, 3.05) is 25.5 Å². The molecule has 0 aliphatic rings. The van der Waals surface area contributed by atoms with Crippen LogP contribution in [0.5, 0.6) is 0 Å². The number of aliphatic hydroxyl groups is 1. The highest BCUT2D eigenvalue weighted by molar-refractivity contribution is 5.94. The molecule has 0 spiro atoms. The van der Waals surface area contributed by atoms with Crippen LogP contribution >= 0.6 is 0 Å². The third-order valence-corrected chi connectivity index (χ3v) is 5.27. The second kappa shape index (κ2) is 10.2. The molecule has 0 aliphatic heterocycles. The lowest BCUT2D eigenvalue weighted by Crippen LogP contribution is -2.30. The molecule has 0 saturated heterocycles. The summed E-state index contributed by atoms with van der Waals surface area (Å²) >= 11 is 0. The Labute approximate surface area is 210 Å². The molecule has 38 heavy (non-hydrogen) atoms. The van der Waals surface area contributed by atoms with Gasteiger partial charge in [-0.2, -0.15) is 26.3 Å². The van der Waals surface area contributed by atoms with Crippen LogP contribution < -0.4 is 5.32 Å². The van der Waals surface area contributed by atoms with Crippen LogP contribution in [0.25, 0.3) is 22.4 Å². The van der Waals surface area contributed by atoms with Gasteiger partial charge < -0.3 is 15.3 Å². The maximum absolute atomic E-state index is 13.8. The predicted octanol–water partition coefficient (Wildman–Crippen LogP) is 4.33. The van der Waals surface area contributed by atoms with Crippen molar-refractivity contribution in [1.29, 1.82) is 0 Å². The van der Waals surface area contributed by atoms with Gasteiger partial charge in [-0.05, 0) is 30.3 Å². The number of carbonyl (C=O) groups is 1. The molecule has 0 fully saturated rings. The molecule has 1 amide bonds. The molecule has 9 nitrogen and oxygen atoms in total. The molecular weight excluding hydrogens is 520 g/mol. The van der Waals surface area contributed by atoms with Gasteiger partial charge in [0.25, 0.3) is 5.91 Å². The van der Waals surface area contributed by atoms with E-state index in [9.17, 15) is 31.1 Å². The van der Waals surface area contributed by atoms with E-state index >= 15 is 0 Å². The van der Waals surface area contributed by atoms with Crippen molar-refractivity contribution in [3.05, 3.63) is 65.7 Å². The third kappa shape index (κ3) is 5.61. The van der Waals surface area contributed by atoms with Crippen LogP contribution in [0, 0.1) is 0 Å². The molecule has 0 aromatic carbocycles. The van der Waals surface area contributed by atoms with Gasteiger partial charge in [-0.25, -0.2) is 24.9 Å². The molecular formula is C23H17F6N7O2. The predicted molar refractivity (Wildman–Crippen MR) is 122 cm³/mol. The Morgan fingerprint density at radius 3 is 2.29 bits per heavy atom. The molecule has 198 valence electrons. The van der Waals surface area contributed by atoms with E-state index in [-0.39, 0.29) is 41.8 Å². The van der Waals surface area contributed by atoms with Crippen LogP contribution in [0.1, 0.15) is 21.6 Å². The number of aliphatic hydroxyl groups excluding tert-OH is 1. The summed E-state index contributed by atoms with van der Waals surface area (Å²) < 4.78 is 79.6. The second-order valence-electron chi connectivity index (χ2n) is 7.89. The first kappa shape index (κ1) is 26.7. The van der Waals surface area contributed by atoms with Crippen LogP contribution in [0.2, 0.25) is 0 Å². The van der Waals surface area contributed by atoms with Crippen LogP contribution in [0.3, 0.4) is 0 Å². The zero-order valence-electron chi connectivity index (χ0n) is 19.3. The van der Waals surface area contributed by atoms with E-state index in [2.05, 4.69) is 30.2 Å². The Morgan fingerprint density at radius 2 is 1.66 bits per heavy atom. The second-order valence-corrected chi connectivity index (χ2v) is 7.89. The van der Waals surface area contributed by atoms with E-state index in [1.165, 1.54) is 31.4 Å². The number of alkyl halides is 6. The highest BCUT2D eigenvalue weighted by Crippen LogP contribution is 2.36. The lowest BCUT2D eigenvalue weighted by atomic mass is 10.1. The minimum Gasteiger partial charge on any atom is -0.395 e. The fourth-order valence-corrected chi connectivity index (χ4v) is 3.38. The SMILES string of the molecule is CN(CCO)C(=O)c1ccc(C(F)(F)F)c(-c2ccc3c(Nc4ncc(C(F)(F)F)cn4)ccnc3n2)n1. The first-order valence-corrected chi connectivity index (χ1v) is 10.8. The molecule has 0 atom stereocenters. The van der Waals surface area contributed by atoms with Crippen molar-refractivity contribution in [3.8, 4) is 11.4 Å². The van der Waals surface area contributed by atoms with Crippen molar-refractivity contribution in [3.63, 3.8) is 0 Å². The van der Waals surface area contributed by atoms with Crippen molar-refractivity contribution >= 4 is 28.6 Å². The standard InChI is InChI=1S/C23H17F6N7O2/c1-36(8-9-37)20(38)17-5-3-14(23(27,28)29)18(33-17)16-4-2-13-15(6-7-30-19(13)34-16)35-21-31-10-12(11-32-21)22(24,25)26/h2-7,10-11,37H,8-9H2,1H3,(H,30,31,32,34,35). The first-order valence-electron chi connectivity index (χ1n) is 10.8. The lowest BCUT2D eigenvalue weighted by Gasteiger charge is -2.17. The quantitative estimate of drug-likeness (QED) is 0.349. The molecule has 0 radical (unpaired) electrons. The first-order chi connectivity index (χ1) is 17.9. The molecule has 4 heterocycles. The fraction of sp³-hybridized carbons (Fsp3) is 0.217. The Hall–Kier alpha value is -4.40. The highest BCUT2D eigenvalue weighted by atomic mass is 19.4. The number of nitrogens with zero attached hydrogens (tertiary/aromatic N) is 6. The molecule has 2 N–H and O–H groups in total. The van der Waals surface area contributed by atoms with Crippen LogP contribution in [-0.4, -0.2) is 61.0 Å². The number of hydrogen-bond acceptors (Lipinski definition) is 8. The number of likely N-dealkylation sites (N-methyl/N-ethyl adjacent to an activating group) is 1. The number of halogens is 6. The van der Waals surface area contributed by atoms with E-state index in [0.29, 0.717) is 17.8 Å². The maximum atomic E-state index is 13.8. The van der Waals surface area contributed by atoms with Gasteiger partial charge in [0, 0.05) is 37.6 Å². The lowest BCUT2D eigenvalue weighted by molar-refractivity contribution is -0.138. The van der Waals surface area contributed by atoms with Gasteiger partial charge in [0.2, 0.25) is 5.95 Å². The molecule has 4 rings (SSSR count). The van der Waals surface area contributed by atoms with E-state index in [4.69, 9.17) is 5.11 Å². The Balaban J connectivity index is 1.73. The summed E-state index contributed by atoms with van der Waals surface area (Å²) in [4.78, 5) is 33.1. The van der Waals surface area contributed by atoms with Gasteiger partial charge in [-0.15, -0.1) is 0 Å². The normalized spacial score (nSPS) is 12.0. The number of fused-ring (bicyclic) bond motifs is 1. The molecule has 4 aromatic rings. The third-order valence-electron chi connectivity index (χ3n) is 5.27. The molecule has 0 bridgehead atoms. The summed E-state index contributed by atoms with van der Waals surface area (Å²) in [5.74, 6) is -0.857. The zero-order valence-corrected chi connectivity index (χ0v) is 19.3. The molecule has 4 aromatic heterocycles. The van der Waals surface area contributed by atoms with E-state index in [1.807, 2.05) is 0 Å². The van der Waals surface area contributed by atoms with Gasteiger partial charge in [-0.3, -0.25) is 4.79 Å². The summed E-state index contributed by atoms with van der Waals surface area (Å²) in [7, 11) is 1.37. The summed E-state index contributed by atoms with van der Waals surface area (Å²) in [5, 5.41) is 12.1. The Morgan fingerprint density at radius 1 is 0.947 bits per heavy atom. The number of rotatable bonds is 6. The monoisotopic (exact) mass is 537 g/mol. The number of carbonyl (C=O) groups excluding carboxylic acids is 1. The average molecular weight is 537 g/mol. The smallest absolute Gasteiger partial charge is 0.395 e. The number of amides is 1. The molecule has 15 heteroatoms. The Kier molecular flexibility index (Phi) is 7.13. The van der Waals surface area contributed by atoms with Gasteiger partial charge in [-0.1, -0.05) is 0 Å². The van der Waals surface area contributed by atoms with Gasteiger partial charge in [0.15, 0.2) is 5.65 Å². The van der Waals surface area contributed by atoms with E-state index < -0.39 is 35.1 Å². The largest absolute Gasteiger partial charge is 0.419 e. The number of hydrogen-bond donors (Lipinski definition) is 2.